The van der Waals surface area contributed by atoms with Gasteiger partial charge in [0.25, 0.3) is 0 Å². The number of fused-ring (bicyclic) bond motifs is 1. The Hall–Kier alpha value is -1.30. The summed E-state index contributed by atoms with van der Waals surface area (Å²) in [4.78, 5) is 4.96. The van der Waals surface area contributed by atoms with E-state index in [1.165, 1.54) is 5.56 Å². The maximum Gasteiger partial charge on any atom is 0.161 e. The van der Waals surface area contributed by atoms with Crippen LogP contribution in [0.3, 0.4) is 0 Å². The van der Waals surface area contributed by atoms with Crippen molar-refractivity contribution in [3.05, 3.63) is 23.8 Å². The smallest absolute Gasteiger partial charge is 0.161 e. The molecule has 1 fully saturated rings. The number of likely N-dealkylation sites (N-methyl/N-ethyl adjacent to an activating group) is 1. The van der Waals surface area contributed by atoms with Crippen molar-refractivity contribution in [3.63, 3.8) is 0 Å². The van der Waals surface area contributed by atoms with Crippen LogP contribution in [0, 0.1) is 0 Å². The SMILES string of the molecule is CCN1CCN(C(CN)c2ccc3c(c2)OCCO3)CC1. The number of ether oxygens (including phenoxy) is 2. The summed E-state index contributed by atoms with van der Waals surface area (Å²) in [5.74, 6) is 1.70. The van der Waals surface area contributed by atoms with E-state index in [0.29, 0.717) is 19.8 Å². The summed E-state index contributed by atoms with van der Waals surface area (Å²) in [5.41, 5.74) is 7.28. The third kappa shape index (κ3) is 3.15. The Balaban J connectivity index is 1.74. The van der Waals surface area contributed by atoms with Crippen molar-refractivity contribution in [2.75, 3.05) is 52.5 Å². The summed E-state index contributed by atoms with van der Waals surface area (Å²) in [6, 6.07) is 6.49. The van der Waals surface area contributed by atoms with E-state index < -0.39 is 0 Å². The van der Waals surface area contributed by atoms with Gasteiger partial charge in [0.1, 0.15) is 13.2 Å². The molecule has 0 saturated carbocycles. The number of hydrogen-bond donors (Lipinski definition) is 1. The van der Waals surface area contributed by atoms with Crippen molar-refractivity contribution in [1.29, 1.82) is 0 Å². The normalized spacial score (nSPS) is 21.2. The second-order valence-corrected chi connectivity index (χ2v) is 5.62. The van der Waals surface area contributed by atoms with Crippen molar-refractivity contribution in [2.24, 2.45) is 5.73 Å². The molecule has 5 heteroatoms. The molecule has 0 radical (unpaired) electrons. The Morgan fingerprint density at radius 1 is 1.10 bits per heavy atom. The molecular formula is C16H25N3O2. The van der Waals surface area contributed by atoms with Crippen LogP contribution in [0.5, 0.6) is 11.5 Å². The Morgan fingerprint density at radius 3 is 2.48 bits per heavy atom. The minimum atomic E-state index is 0.264. The lowest BCUT2D eigenvalue weighted by Gasteiger charge is -2.39. The average molecular weight is 291 g/mol. The van der Waals surface area contributed by atoms with Gasteiger partial charge >= 0.3 is 0 Å². The minimum absolute atomic E-state index is 0.264. The summed E-state index contributed by atoms with van der Waals surface area (Å²) < 4.78 is 11.3. The molecule has 1 saturated heterocycles. The van der Waals surface area contributed by atoms with E-state index >= 15 is 0 Å². The average Bonchev–Trinajstić information content (AvgIpc) is 2.56. The van der Waals surface area contributed by atoms with Gasteiger partial charge in [-0.1, -0.05) is 13.0 Å². The molecule has 2 aliphatic heterocycles. The third-order valence-electron chi connectivity index (χ3n) is 4.47. The van der Waals surface area contributed by atoms with Gasteiger partial charge < -0.3 is 20.1 Å². The Labute approximate surface area is 126 Å². The van der Waals surface area contributed by atoms with Crippen LogP contribution in [0.15, 0.2) is 18.2 Å². The van der Waals surface area contributed by atoms with Gasteiger partial charge in [0.05, 0.1) is 0 Å². The van der Waals surface area contributed by atoms with E-state index in [0.717, 1.165) is 44.2 Å². The topological polar surface area (TPSA) is 51.0 Å². The van der Waals surface area contributed by atoms with Gasteiger partial charge in [0, 0.05) is 38.8 Å². The quantitative estimate of drug-likeness (QED) is 0.900. The van der Waals surface area contributed by atoms with Gasteiger partial charge in [-0.05, 0) is 24.2 Å². The molecule has 1 aromatic rings. The highest BCUT2D eigenvalue weighted by molar-refractivity contribution is 5.44. The van der Waals surface area contributed by atoms with E-state index in [9.17, 15) is 0 Å². The molecule has 5 nitrogen and oxygen atoms in total. The molecule has 2 aliphatic rings. The molecule has 3 rings (SSSR count). The Morgan fingerprint density at radius 2 is 1.81 bits per heavy atom. The maximum atomic E-state index is 6.05. The zero-order valence-electron chi connectivity index (χ0n) is 12.8. The molecule has 2 N–H and O–H groups in total. The lowest BCUT2D eigenvalue weighted by Crippen LogP contribution is -2.48. The number of benzene rings is 1. The third-order valence-corrected chi connectivity index (χ3v) is 4.47. The van der Waals surface area contributed by atoms with Crippen molar-refractivity contribution < 1.29 is 9.47 Å². The van der Waals surface area contributed by atoms with Gasteiger partial charge in [-0.3, -0.25) is 4.90 Å². The van der Waals surface area contributed by atoms with E-state index in [1.807, 2.05) is 6.07 Å². The number of hydrogen-bond acceptors (Lipinski definition) is 5. The molecule has 1 unspecified atom stereocenters. The van der Waals surface area contributed by atoms with Crippen molar-refractivity contribution in [3.8, 4) is 11.5 Å². The lowest BCUT2D eigenvalue weighted by molar-refractivity contribution is 0.101. The summed E-state index contributed by atoms with van der Waals surface area (Å²) in [5, 5.41) is 0. The first-order valence-corrected chi connectivity index (χ1v) is 7.88. The first-order chi connectivity index (χ1) is 10.3. The van der Waals surface area contributed by atoms with Crippen LogP contribution in [0.4, 0.5) is 0 Å². The van der Waals surface area contributed by atoms with Crippen molar-refractivity contribution in [2.45, 2.75) is 13.0 Å². The Kier molecular flexibility index (Phi) is 4.63. The van der Waals surface area contributed by atoms with E-state index in [1.54, 1.807) is 0 Å². The van der Waals surface area contributed by atoms with Crippen LogP contribution in [0.1, 0.15) is 18.5 Å². The predicted molar refractivity (Wildman–Crippen MR) is 82.9 cm³/mol. The highest BCUT2D eigenvalue weighted by atomic mass is 16.6. The molecule has 1 aromatic carbocycles. The van der Waals surface area contributed by atoms with E-state index in [-0.39, 0.29) is 6.04 Å². The monoisotopic (exact) mass is 291 g/mol. The van der Waals surface area contributed by atoms with Crippen LogP contribution in [-0.2, 0) is 0 Å². The van der Waals surface area contributed by atoms with Gasteiger partial charge in [0.2, 0.25) is 0 Å². The van der Waals surface area contributed by atoms with E-state index in [4.69, 9.17) is 15.2 Å². The van der Waals surface area contributed by atoms with Crippen LogP contribution in [-0.4, -0.2) is 62.3 Å². The fourth-order valence-electron chi connectivity index (χ4n) is 3.15. The summed E-state index contributed by atoms with van der Waals surface area (Å²) >= 11 is 0. The maximum absolute atomic E-state index is 6.05. The van der Waals surface area contributed by atoms with Gasteiger partial charge in [-0.25, -0.2) is 0 Å². The fraction of sp³-hybridized carbons (Fsp3) is 0.625. The minimum Gasteiger partial charge on any atom is -0.486 e. The van der Waals surface area contributed by atoms with Crippen LogP contribution in [0.25, 0.3) is 0 Å². The van der Waals surface area contributed by atoms with Crippen LogP contribution >= 0.6 is 0 Å². The molecule has 2 heterocycles. The molecular weight excluding hydrogens is 266 g/mol. The van der Waals surface area contributed by atoms with Crippen LogP contribution < -0.4 is 15.2 Å². The lowest BCUT2D eigenvalue weighted by atomic mass is 10.0. The second-order valence-electron chi connectivity index (χ2n) is 5.62. The van der Waals surface area contributed by atoms with E-state index in [2.05, 4.69) is 28.9 Å². The molecule has 0 amide bonds. The molecule has 116 valence electrons. The first kappa shape index (κ1) is 14.6. The van der Waals surface area contributed by atoms with Gasteiger partial charge in [-0.2, -0.15) is 0 Å². The molecule has 0 spiro atoms. The number of rotatable bonds is 4. The highest BCUT2D eigenvalue weighted by Gasteiger charge is 2.24. The number of nitrogens with zero attached hydrogens (tertiary/aromatic N) is 2. The second kappa shape index (κ2) is 6.64. The van der Waals surface area contributed by atoms with Crippen molar-refractivity contribution >= 4 is 0 Å². The van der Waals surface area contributed by atoms with Gasteiger partial charge in [0.15, 0.2) is 11.5 Å². The van der Waals surface area contributed by atoms with Gasteiger partial charge in [-0.15, -0.1) is 0 Å². The molecule has 0 bridgehead atoms. The number of nitrogens with two attached hydrogens (primary N) is 1. The largest absolute Gasteiger partial charge is 0.486 e. The first-order valence-electron chi connectivity index (χ1n) is 7.88. The Bertz CT molecular complexity index is 473. The number of piperazine rings is 1. The predicted octanol–water partition coefficient (Wildman–Crippen LogP) is 1.10. The van der Waals surface area contributed by atoms with Crippen LogP contribution in [0.2, 0.25) is 0 Å². The summed E-state index contributed by atoms with van der Waals surface area (Å²) in [7, 11) is 0. The molecule has 0 aliphatic carbocycles. The standard InChI is InChI=1S/C16H25N3O2/c1-2-18-5-7-19(8-6-18)14(12-17)13-3-4-15-16(11-13)21-10-9-20-15/h3-4,11,14H,2,5-10,12,17H2,1H3. The zero-order valence-corrected chi connectivity index (χ0v) is 12.8. The highest BCUT2D eigenvalue weighted by Crippen LogP contribution is 2.34. The zero-order chi connectivity index (χ0) is 14.7. The molecule has 0 aromatic heterocycles. The fourth-order valence-corrected chi connectivity index (χ4v) is 3.15. The molecule has 1 atom stereocenters. The van der Waals surface area contributed by atoms with Crippen molar-refractivity contribution in [1.82, 2.24) is 9.80 Å². The summed E-state index contributed by atoms with van der Waals surface area (Å²) in [6.07, 6.45) is 0. The molecule has 21 heavy (non-hydrogen) atoms. The summed E-state index contributed by atoms with van der Waals surface area (Å²) in [6.45, 7) is 9.63.